The van der Waals surface area contributed by atoms with Crippen molar-refractivity contribution in [2.45, 2.75) is 18.4 Å². The molecular formula is C6H13NO4+. The summed E-state index contributed by atoms with van der Waals surface area (Å²) in [6.07, 6.45) is -2.14. The summed E-state index contributed by atoms with van der Waals surface area (Å²) in [6, 6.07) is 0. The van der Waals surface area contributed by atoms with Gasteiger partial charge in [0.15, 0.2) is 6.23 Å². The SMILES string of the molecule is COCC1OC(N)C([OH2+])[C]1O. The van der Waals surface area contributed by atoms with Crippen LogP contribution in [-0.2, 0) is 9.47 Å². The van der Waals surface area contributed by atoms with Crippen LogP contribution in [0.1, 0.15) is 0 Å². The molecule has 0 aromatic rings. The first-order valence-corrected chi connectivity index (χ1v) is 3.33. The molecule has 1 fully saturated rings. The van der Waals surface area contributed by atoms with Crippen LogP contribution in [0, 0.1) is 6.10 Å². The average Bonchev–Trinajstić information content (AvgIpc) is 2.19. The van der Waals surface area contributed by atoms with E-state index in [1.54, 1.807) is 0 Å². The molecular weight excluding hydrogens is 150 g/mol. The summed E-state index contributed by atoms with van der Waals surface area (Å²) in [5.74, 6) is 0. The Morgan fingerprint density at radius 3 is 2.82 bits per heavy atom. The highest BCUT2D eigenvalue weighted by molar-refractivity contribution is 5.02. The summed E-state index contributed by atoms with van der Waals surface area (Å²) >= 11 is 0. The summed E-state index contributed by atoms with van der Waals surface area (Å²) in [5, 5.41) is 16.5. The topological polar surface area (TPSA) is 87.6 Å². The molecule has 0 spiro atoms. The summed E-state index contributed by atoms with van der Waals surface area (Å²) < 4.78 is 9.75. The Morgan fingerprint density at radius 2 is 2.45 bits per heavy atom. The summed E-state index contributed by atoms with van der Waals surface area (Å²) in [4.78, 5) is 0. The van der Waals surface area contributed by atoms with Gasteiger partial charge in [0.05, 0.1) is 6.61 Å². The molecule has 1 saturated heterocycles. The molecule has 0 aliphatic carbocycles. The molecule has 0 aromatic carbocycles. The van der Waals surface area contributed by atoms with E-state index in [-0.39, 0.29) is 12.7 Å². The van der Waals surface area contributed by atoms with Crippen molar-refractivity contribution in [3.05, 3.63) is 6.10 Å². The predicted molar refractivity (Wildman–Crippen MR) is 37.3 cm³/mol. The van der Waals surface area contributed by atoms with Crippen molar-refractivity contribution in [2.24, 2.45) is 5.73 Å². The minimum absolute atomic E-state index is 0.0423. The first-order valence-electron chi connectivity index (χ1n) is 3.33. The van der Waals surface area contributed by atoms with Crippen LogP contribution in [-0.4, -0.2) is 42.4 Å². The molecule has 0 aromatic heterocycles. The summed E-state index contributed by atoms with van der Waals surface area (Å²) in [6.45, 7) is 0.245. The third-order valence-electron chi connectivity index (χ3n) is 1.62. The quantitative estimate of drug-likeness (QED) is 0.476. The van der Waals surface area contributed by atoms with Crippen LogP contribution >= 0.6 is 0 Å². The van der Waals surface area contributed by atoms with Crippen molar-refractivity contribution in [3.63, 3.8) is 0 Å². The van der Waals surface area contributed by atoms with Gasteiger partial charge < -0.3 is 19.7 Å². The fourth-order valence-electron chi connectivity index (χ4n) is 0.983. The molecule has 3 atom stereocenters. The van der Waals surface area contributed by atoms with E-state index in [0.717, 1.165) is 0 Å². The minimum atomic E-state index is -0.838. The first-order chi connectivity index (χ1) is 5.16. The Kier molecular flexibility index (Phi) is 2.80. The fourth-order valence-corrected chi connectivity index (χ4v) is 0.983. The number of nitrogens with two attached hydrogens (primary N) is 1. The molecule has 1 aliphatic rings. The fraction of sp³-hybridized carbons (Fsp3) is 0.833. The maximum Gasteiger partial charge on any atom is 0.229 e. The Hall–Kier alpha value is -0.200. The zero-order valence-electron chi connectivity index (χ0n) is 6.28. The van der Waals surface area contributed by atoms with Crippen LogP contribution in [0.15, 0.2) is 0 Å². The molecule has 1 heterocycles. The monoisotopic (exact) mass is 163 g/mol. The van der Waals surface area contributed by atoms with E-state index in [1.165, 1.54) is 7.11 Å². The number of rotatable bonds is 2. The average molecular weight is 163 g/mol. The molecule has 0 saturated carbocycles. The van der Waals surface area contributed by atoms with Crippen molar-refractivity contribution in [3.8, 4) is 0 Å². The zero-order valence-corrected chi connectivity index (χ0v) is 6.28. The Labute approximate surface area is 64.7 Å². The van der Waals surface area contributed by atoms with Gasteiger partial charge in [-0.15, -0.1) is 0 Å². The third kappa shape index (κ3) is 1.69. The highest BCUT2D eigenvalue weighted by Crippen LogP contribution is 2.23. The van der Waals surface area contributed by atoms with Crippen molar-refractivity contribution in [1.82, 2.24) is 0 Å². The number of aliphatic hydroxyl groups is 1. The normalized spacial score (nSPS) is 39.8. The van der Waals surface area contributed by atoms with Crippen LogP contribution in [0.3, 0.4) is 0 Å². The Morgan fingerprint density at radius 1 is 1.82 bits per heavy atom. The lowest BCUT2D eigenvalue weighted by Gasteiger charge is -2.09. The second-order valence-electron chi connectivity index (χ2n) is 2.45. The van der Waals surface area contributed by atoms with Gasteiger partial charge in [-0.25, -0.2) is 0 Å². The lowest BCUT2D eigenvalue weighted by atomic mass is 10.1. The number of aliphatic hydroxyl groups excluding tert-OH is 1. The van der Waals surface area contributed by atoms with Crippen molar-refractivity contribution < 1.29 is 19.7 Å². The van der Waals surface area contributed by atoms with Crippen molar-refractivity contribution in [1.29, 1.82) is 0 Å². The molecule has 1 radical (unpaired) electrons. The Balaban J connectivity index is 2.45. The maximum atomic E-state index is 9.20. The molecule has 3 unspecified atom stereocenters. The van der Waals surface area contributed by atoms with Gasteiger partial charge in [0.2, 0.25) is 12.2 Å². The molecule has 5 nitrogen and oxygen atoms in total. The van der Waals surface area contributed by atoms with Gasteiger partial charge in [-0.2, -0.15) is 0 Å². The third-order valence-corrected chi connectivity index (χ3v) is 1.62. The summed E-state index contributed by atoms with van der Waals surface area (Å²) in [7, 11) is 1.50. The molecule has 1 rings (SSSR count). The van der Waals surface area contributed by atoms with E-state index in [9.17, 15) is 5.11 Å². The van der Waals surface area contributed by atoms with Crippen LogP contribution in [0.25, 0.3) is 0 Å². The molecule has 0 amide bonds. The van der Waals surface area contributed by atoms with E-state index in [0.29, 0.717) is 0 Å². The number of ether oxygens (including phenoxy) is 2. The van der Waals surface area contributed by atoms with Gasteiger partial charge in [-0.1, -0.05) is 0 Å². The van der Waals surface area contributed by atoms with Crippen molar-refractivity contribution >= 4 is 0 Å². The van der Waals surface area contributed by atoms with Crippen LogP contribution in [0.4, 0.5) is 0 Å². The summed E-state index contributed by atoms with van der Waals surface area (Å²) in [5.41, 5.74) is 5.34. The van der Waals surface area contributed by atoms with Crippen molar-refractivity contribution in [2.75, 3.05) is 13.7 Å². The number of methoxy groups -OCH3 is 1. The second-order valence-corrected chi connectivity index (χ2v) is 2.45. The molecule has 5 heteroatoms. The molecule has 65 valence electrons. The number of hydrogen-bond acceptors (Lipinski definition) is 4. The van der Waals surface area contributed by atoms with E-state index < -0.39 is 18.4 Å². The van der Waals surface area contributed by atoms with Gasteiger partial charge in [0.25, 0.3) is 0 Å². The van der Waals surface area contributed by atoms with E-state index >= 15 is 0 Å². The Bertz CT molecular complexity index is 132. The lowest BCUT2D eigenvalue weighted by molar-refractivity contribution is -0.0174. The standard InChI is InChI=1S/C6H12NO4/c1-10-2-3-4(8)5(9)6(7)11-3/h3,5-6,8-9H,2,7H2,1H3/p+1. The van der Waals surface area contributed by atoms with Gasteiger partial charge in [0, 0.05) is 7.11 Å². The second kappa shape index (κ2) is 3.46. The minimum Gasteiger partial charge on any atom is -0.438 e. The highest BCUT2D eigenvalue weighted by Gasteiger charge is 2.45. The van der Waals surface area contributed by atoms with E-state index in [4.69, 9.17) is 20.3 Å². The molecule has 0 bridgehead atoms. The van der Waals surface area contributed by atoms with Gasteiger partial charge in [0.1, 0.15) is 6.10 Å². The van der Waals surface area contributed by atoms with Crippen LogP contribution < -0.4 is 5.73 Å². The smallest absolute Gasteiger partial charge is 0.229 e. The van der Waals surface area contributed by atoms with E-state index in [1.807, 2.05) is 0 Å². The largest absolute Gasteiger partial charge is 0.438 e. The molecule has 1 aliphatic heterocycles. The van der Waals surface area contributed by atoms with Crippen LogP contribution in [0.5, 0.6) is 0 Å². The van der Waals surface area contributed by atoms with Crippen LogP contribution in [0.2, 0.25) is 0 Å². The molecule has 5 N–H and O–H groups in total. The number of hydrogen-bond donors (Lipinski definition) is 2. The predicted octanol–water partition coefficient (Wildman–Crippen LogP) is -1.69. The van der Waals surface area contributed by atoms with Gasteiger partial charge >= 0.3 is 0 Å². The lowest BCUT2D eigenvalue weighted by Crippen LogP contribution is -2.32. The van der Waals surface area contributed by atoms with Gasteiger partial charge in [-0.05, 0) is 0 Å². The molecule has 11 heavy (non-hydrogen) atoms. The van der Waals surface area contributed by atoms with E-state index in [2.05, 4.69) is 0 Å². The zero-order chi connectivity index (χ0) is 8.43. The maximum absolute atomic E-state index is 9.20. The first kappa shape index (κ1) is 8.89. The highest BCUT2D eigenvalue weighted by atomic mass is 16.6. The van der Waals surface area contributed by atoms with Gasteiger partial charge in [-0.3, -0.25) is 5.73 Å².